The maximum Gasteiger partial charge on any atom is 0.280 e. The second kappa shape index (κ2) is 5.67. The molecule has 0 amide bonds. The van der Waals surface area contributed by atoms with Crippen LogP contribution in [0.5, 0.6) is 0 Å². The Bertz CT molecular complexity index is 787. The first-order chi connectivity index (χ1) is 11.8. The summed E-state index contributed by atoms with van der Waals surface area (Å²) in [4.78, 5) is 8.37. The van der Waals surface area contributed by atoms with Gasteiger partial charge in [-0.3, -0.25) is 0 Å². The fourth-order valence-corrected chi connectivity index (χ4v) is 6.95. The van der Waals surface area contributed by atoms with E-state index in [9.17, 15) is 17.2 Å². The second-order valence-corrected chi connectivity index (χ2v) is 9.77. The second-order valence-electron chi connectivity index (χ2n) is 7.90. The number of nitrogens with one attached hydrogen (secondary N) is 1. The Morgan fingerprint density at radius 2 is 1.84 bits per heavy atom. The Morgan fingerprint density at radius 3 is 2.36 bits per heavy atom. The molecule has 3 saturated carbocycles. The molecule has 0 saturated heterocycles. The van der Waals surface area contributed by atoms with Crippen LogP contribution in [0.25, 0.3) is 0 Å². The van der Waals surface area contributed by atoms with Crippen molar-refractivity contribution in [3.8, 4) is 0 Å². The van der Waals surface area contributed by atoms with Crippen molar-refractivity contribution in [3.05, 3.63) is 23.3 Å². The SMILES string of the molecule is Cc1cc(C(F)F)nc(C2(NS(=O)(=O)C3CC34CCC4)CCCC2)n1. The van der Waals surface area contributed by atoms with E-state index in [1.807, 2.05) is 0 Å². The summed E-state index contributed by atoms with van der Waals surface area (Å²) < 4.78 is 55.0. The van der Waals surface area contributed by atoms with Gasteiger partial charge in [-0.2, -0.15) is 0 Å². The molecule has 1 unspecified atom stereocenters. The van der Waals surface area contributed by atoms with Gasteiger partial charge in [-0.1, -0.05) is 19.3 Å². The summed E-state index contributed by atoms with van der Waals surface area (Å²) in [6.45, 7) is 1.64. The first kappa shape index (κ1) is 17.3. The predicted molar refractivity (Wildman–Crippen MR) is 88.6 cm³/mol. The van der Waals surface area contributed by atoms with Crippen LogP contribution in [0.2, 0.25) is 0 Å². The number of rotatable bonds is 5. The Hall–Kier alpha value is -1.15. The van der Waals surface area contributed by atoms with Crippen LogP contribution >= 0.6 is 0 Å². The van der Waals surface area contributed by atoms with Gasteiger partial charge in [-0.15, -0.1) is 0 Å². The molecule has 1 heterocycles. The summed E-state index contributed by atoms with van der Waals surface area (Å²) >= 11 is 0. The molecule has 4 rings (SSSR count). The van der Waals surface area contributed by atoms with Crippen LogP contribution in [0.1, 0.15) is 75.0 Å². The Morgan fingerprint density at radius 1 is 1.16 bits per heavy atom. The maximum atomic E-state index is 13.1. The van der Waals surface area contributed by atoms with Crippen molar-refractivity contribution >= 4 is 10.0 Å². The number of alkyl halides is 2. The average molecular weight is 371 g/mol. The van der Waals surface area contributed by atoms with Gasteiger partial charge in [0.05, 0.1) is 10.8 Å². The lowest BCUT2D eigenvalue weighted by Gasteiger charge is -2.31. The van der Waals surface area contributed by atoms with Gasteiger partial charge in [0, 0.05) is 5.69 Å². The number of aryl methyl sites for hydroxylation is 1. The smallest absolute Gasteiger partial charge is 0.236 e. The summed E-state index contributed by atoms with van der Waals surface area (Å²) in [5.74, 6) is 0.201. The van der Waals surface area contributed by atoms with Crippen molar-refractivity contribution < 1.29 is 17.2 Å². The molecule has 3 aliphatic carbocycles. The number of hydrogen-bond donors (Lipinski definition) is 1. The monoisotopic (exact) mass is 371 g/mol. The van der Waals surface area contributed by atoms with Gasteiger partial charge < -0.3 is 0 Å². The largest absolute Gasteiger partial charge is 0.280 e. The van der Waals surface area contributed by atoms with E-state index in [1.165, 1.54) is 6.07 Å². The molecule has 0 aliphatic heterocycles. The summed E-state index contributed by atoms with van der Waals surface area (Å²) in [7, 11) is -3.51. The van der Waals surface area contributed by atoms with Crippen LogP contribution in [0.4, 0.5) is 8.78 Å². The summed E-state index contributed by atoms with van der Waals surface area (Å²) in [6, 6.07) is 1.26. The summed E-state index contributed by atoms with van der Waals surface area (Å²) in [5, 5.41) is -0.342. The van der Waals surface area contributed by atoms with E-state index in [0.29, 0.717) is 18.5 Å². The van der Waals surface area contributed by atoms with E-state index in [1.54, 1.807) is 6.92 Å². The lowest BCUT2D eigenvalue weighted by atomic mass is 9.82. The van der Waals surface area contributed by atoms with E-state index in [0.717, 1.165) is 38.5 Å². The summed E-state index contributed by atoms with van der Waals surface area (Å²) in [5.41, 5.74) is -0.864. The Labute approximate surface area is 146 Å². The van der Waals surface area contributed by atoms with Crippen molar-refractivity contribution in [2.75, 3.05) is 0 Å². The van der Waals surface area contributed by atoms with E-state index >= 15 is 0 Å². The van der Waals surface area contributed by atoms with Gasteiger partial charge in [0.25, 0.3) is 6.43 Å². The molecule has 0 radical (unpaired) electrons. The van der Waals surface area contributed by atoms with Crippen LogP contribution in [0.3, 0.4) is 0 Å². The number of nitrogens with zero attached hydrogens (tertiary/aromatic N) is 2. The van der Waals surface area contributed by atoms with Crippen LogP contribution in [-0.4, -0.2) is 23.6 Å². The zero-order valence-electron chi connectivity index (χ0n) is 14.3. The minimum atomic E-state index is -3.51. The van der Waals surface area contributed by atoms with Gasteiger partial charge in [0.2, 0.25) is 10.0 Å². The molecule has 138 valence electrons. The molecule has 5 nitrogen and oxygen atoms in total. The highest BCUT2D eigenvalue weighted by Crippen LogP contribution is 2.63. The Balaban J connectivity index is 1.67. The molecule has 1 atom stereocenters. The van der Waals surface area contributed by atoms with Crippen LogP contribution in [0, 0.1) is 12.3 Å². The van der Waals surface area contributed by atoms with Crippen molar-refractivity contribution in [1.82, 2.24) is 14.7 Å². The highest BCUT2D eigenvalue weighted by Gasteiger charge is 2.64. The highest BCUT2D eigenvalue weighted by molar-refractivity contribution is 7.90. The number of halogens is 2. The standard InChI is InChI=1S/C17H23F2N3O2S/c1-11-9-12(14(18)19)21-15(20-11)17(7-2-3-8-17)22-25(23,24)13-10-16(13)5-4-6-16/h9,13-14,22H,2-8,10H2,1H3. The van der Waals surface area contributed by atoms with Gasteiger partial charge in [-0.05, 0) is 50.5 Å². The summed E-state index contributed by atoms with van der Waals surface area (Å²) in [6.07, 6.45) is 3.84. The molecule has 0 aromatic carbocycles. The van der Waals surface area contributed by atoms with Crippen molar-refractivity contribution in [1.29, 1.82) is 0 Å². The molecule has 25 heavy (non-hydrogen) atoms. The Kier molecular flexibility index (Phi) is 3.92. The lowest BCUT2D eigenvalue weighted by molar-refractivity contribution is 0.144. The first-order valence-corrected chi connectivity index (χ1v) is 10.5. The fourth-order valence-electron chi connectivity index (χ4n) is 4.52. The number of sulfonamides is 1. The third-order valence-corrected chi connectivity index (χ3v) is 8.25. The van der Waals surface area contributed by atoms with Crippen LogP contribution in [0.15, 0.2) is 6.07 Å². The van der Waals surface area contributed by atoms with Crippen molar-refractivity contribution in [3.63, 3.8) is 0 Å². The average Bonchev–Trinajstić information content (AvgIpc) is 3.15. The molecule has 8 heteroatoms. The topological polar surface area (TPSA) is 72.0 Å². The van der Waals surface area contributed by atoms with Gasteiger partial charge in [0.1, 0.15) is 11.5 Å². The fraction of sp³-hybridized carbons (Fsp3) is 0.765. The lowest BCUT2D eigenvalue weighted by Crippen LogP contribution is -2.47. The molecule has 1 aromatic heterocycles. The van der Waals surface area contributed by atoms with Gasteiger partial charge in [0.15, 0.2) is 0 Å². The molecule has 1 N–H and O–H groups in total. The third kappa shape index (κ3) is 2.87. The quantitative estimate of drug-likeness (QED) is 0.861. The third-order valence-electron chi connectivity index (χ3n) is 6.16. The predicted octanol–water partition coefficient (Wildman–Crippen LogP) is 3.35. The number of aromatic nitrogens is 2. The zero-order chi connectivity index (χ0) is 17.9. The normalized spacial score (nSPS) is 26.8. The molecule has 1 spiro atoms. The van der Waals surface area contributed by atoms with E-state index in [-0.39, 0.29) is 22.2 Å². The highest BCUT2D eigenvalue weighted by atomic mass is 32.2. The van der Waals surface area contributed by atoms with E-state index in [2.05, 4.69) is 14.7 Å². The molecule has 0 bridgehead atoms. The van der Waals surface area contributed by atoms with Crippen LogP contribution < -0.4 is 4.72 Å². The maximum absolute atomic E-state index is 13.1. The molecule has 1 aromatic rings. The van der Waals surface area contributed by atoms with Crippen molar-refractivity contribution in [2.45, 2.75) is 75.5 Å². The molecule has 3 fully saturated rings. The molecular weight excluding hydrogens is 348 g/mol. The molecule has 3 aliphatic rings. The minimum Gasteiger partial charge on any atom is -0.236 e. The van der Waals surface area contributed by atoms with E-state index in [4.69, 9.17) is 0 Å². The van der Waals surface area contributed by atoms with Gasteiger partial charge in [-0.25, -0.2) is 31.9 Å². The minimum absolute atomic E-state index is 0.0206. The number of hydrogen-bond acceptors (Lipinski definition) is 4. The van der Waals surface area contributed by atoms with E-state index < -0.39 is 22.0 Å². The first-order valence-electron chi connectivity index (χ1n) is 8.93. The zero-order valence-corrected chi connectivity index (χ0v) is 15.1. The van der Waals surface area contributed by atoms with Crippen LogP contribution in [-0.2, 0) is 15.6 Å². The molecular formula is C17H23F2N3O2S. The van der Waals surface area contributed by atoms with Gasteiger partial charge >= 0.3 is 0 Å². The van der Waals surface area contributed by atoms with Crippen molar-refractivity contribution in [2.24, 2.45) is 5.41 Å².